The zero-order chi connectivity index (χ0) is 11.3. The van der Waals surface area contributed by atoms with Crippen LogP contribution in [0.3, 0.4) is 0 Å². The average molecular weight is 231 g/mol. The molecule has 0 saturated heterocycles. The van der Waals surface area contributed by atoms with Crippen LogP contribution >= 0.6 is 0 Å². The van der Waals surface area contributed by atoms with E-state index in [0.29, 0.717) is 13.0 Å². The van der Waals surface area contributed by atoms with Crippen molar-refractivity contribution in [3.8, 4) is 0 Å². The van der Waals surface area contributed by atoms with Gasteiger partial charge in [0.15, 0.2) is 0 Å². The van der Waals surface area contributed by atoms with Crippen LogP contribution in [0.15, 0.2) is 12.4 Å². The van der Waals surface area contributed by atoms with Crippen LogP contribution in [-0.2, 0) is 16.4 Å². The van der Waals surface area contributed by atoms with Crippen molar-refractivity contribution in [2.75, 3.05) is 12.3 Å². The lowest BCUT2D eigenvalue weighted by Gasteiger charge is -2.07. The molecule has 0 aromatic carbocycles. The molecule has 1 aromatic heterocycles. The Morgan fingerprint density at radius 2 is 2.27 bits per heavy atom. The summed E-state index contributed by atoms with van der Waals surface area (Å²) in [5.74, 6) is 1.11. The fraction of sp³-hybridized carbons (Fsp3) is 0.667. The molecule has 0 amide bonds. The minimum Gasteiger partial charge on any atom is -0.349 e. The van der Waals surface area contributed by atoms with Crippen molar-refractivity contribution in [1.29, 1.82) is 0 Å². The molecule has 2 N–H and O–H groups in total. The normalized spacial score (nSPS) is 12.2. The quantitative estimate of drug-likeness (QED) is 0.750. The number of hydrogen-bond donors (Lipinski definition) is 2. The molecule has 6 heteroatoms. The lowest BCUT2D eigenvalue weighted by molar-refractivity contribution is 0.567. The van der Waals surface area contributed by atoms with Gasteiger partial charge in [0.25, 0.3) is 0 Å². The number of nitrogens with one attached hydrogen (secondary N) is 2. The molecule has 86 valence electrons. The number of rotatable bonds is 6. The maximum absolute atomic E-state index is 11.4. The molecule has 0 bridgehead atoms. The van der Waals surface area contributed by atoms with E-state index in [1.54, 1.807) is 12.4 Å². The Balaban J connectivity index is 2.31. The van der Waals surface area contributed by atoms with Crippen molar-refractivity contribution < 1.29 is 8.42 Å². The highest BCUT2D eigenvalue weighted by molar-refractivity contribution is 7.89. The summed E-state index contributed by atoms with van der Waals surface area (Å²) >= 11 is 0. The van der Waals surface area contributed by atoms with Crippen LogP contribution in [0.25, 0.3) is 0 Å². The Hall–Kier alpha value is -0.880. The number of aromatic nitrogens is 2. The Kier molecular flexibility index (Phi) is 4.28. The minimum absolute atomic E-state index is 0.145. The molecule has 5 nitrogen and oxygen atoms in total. The second-order valence-electron chi connectivity index (χ2n) is 3.86. The van der Waals surface area contributed by atoms with Crippen LogP contribution in [0, 0.1) is 5.92 Å². The molecule has 1 aromatic rings. The Morgan fingerprint density at radius 3 is 2.80 bits per heavy atom. The molecular weight excluding hydrogens is 214 g/mol. The number of H-pyrrole nitrogens is 1. The fourth-order valence-electron chi connectivity index (χ4n) is 1.26. The van der Waals surface area contributed by atoms with Crippen molar-refractivity contribution >= 4 is 10.0 Å². The number of nitrogens with zero attached hydrogens (tertiary/aromatic N) is 1. The lowest BCUT2D eigenvalue weighted by atomic mass is 10.3. The molecule has 0 aliphatic heterocycles. The summed E-state index contributed by atoms with van der Waals surface area (Å²) in [7, 11) is -3.13. The summed E-state index contributed by atoms with van der Waals surface area (Å²) in [6.07, 6.45) is 3.96. The van der Waals surface area contributed by atoms with Crippen LogP contribution in [0.2, 0.25) is 0 Å². The van der Waals surface area contributed by atoms with Gasteiger partial charge in [0, 0.05) is 25.4 Å². The topological polar surface area (TPSA) is 74.8 Å². The summed E-state index contributed by atoms with van der Waals surface area (Å²) in [6.45, 7) is 4.15. The van der Waals surface area contributed by atoms with Gasteiger partial charge in [-0.1, -0.05) is 13.8 Å². The van der Waals surface area contributed by atoms with Gasteiger partial charge < -0.3 is 4.98 Å². The van der Waals surface area contributed by atoms with E-state index >= 15 is 0 Å². The lowest BCUT2D eigenvalue weighted by Crippen LogP contribution is -2.30. The van der Waals surface area contributed by atoms with Crippen LogP contribution in [-0.4, -0.2) is 30.7 Å². The maximum atomic E-state index is 11.4. The zero-order valence-corrected chi connectivity index (χ0v) is 9.84. The molecule has 0 radical (unpaired) electrons. The highest BCUT2D eigenvalue weighted by Crippen LogP contribution is 1.97. The molecule has 1 heterocycles. The highest BCUT2D eigenvalue weighted by atomic mass is 32.2. The predicted molar refractivity (Wildman–Crippen MR) is 58.9 cm³/mol. The third kappa shape index (κ3) is 4.94. The van der Waals surface area contributed by atoms with Crippen LogP contribution in [0.4, 0.5) is 0 Å². The van der Waals surface area contributed by atoms with E-state index in [1.807, 2.05) is 13.8 Å². The van der Waals surface area contributed by atoms with Gasteiger partial charge in [-0.3, -0.25) is 0 Å². The SMILES string of the molecule is CC(C)CS(=O)(=O)NCCc1ncc[nH]1. The first-order chi connectivity index (χ1) is 6.99. The van der Waals surface area contributed by atoms with Gasteiger partial charge in [0.1, 0.15) is 5.82 Å². The molecule has 1 rings (SSSR count). The van der Waals surface area contributed by atoms with Gasteiger partial charge in [-0.2, -0.15) is 0 Å². The molecule has 0 fully saturated rings. The van der Waals surface area contributed by atoms with Gasteiger partial charge >= 0.3 is 0 Å². The van der Waals surface area contributed by atoms with E-state index in [0.717, 1.165) is 5.82 Å². The first-order valence-corrected chi connectivity index (χ1v) is 6.60. The molecule has 0 spiro atoms. The van der Waals surface area contributed by atoms with Gasteiger partial charge in [0.05, 0.1) is 5.75 Å². The van der Waals surface area contributed by atoms with E-state index in [9.17, 15) is 8.42 Å². The first-order valence-electron chi connectivity index (χ1n) is 4.95. The summed E-state index contributed by atoms with van der Waals surface area (Å²) < 4.78 is 25.4. The van der Waals surface area contributed by atoms with Gasteiger partial charge in [-0.05, 0) is 5.92 Å². The molecule has 0 aliphatic carbocycles. The van der Waals surface area contributed by atoms with Crippen molar-refractivity contribution in [2.24, 2.45) is 5.92 Å². The third-order valence-corrected chi connectivity index (χ3v) is 3.54. The van der Waals surface area contributed by atoms with E-state index in [-0.39, 0.29) is 11.7 Å². The maximum Gasteiger partial charge on any atom is 0.211 e. The third-order valence-electron chi connectivity index (χ3n) is 1.79. The van der Waals surface area contributed by atoms with E-state index < -0.39 is 10.0 Å². The fourth-order valence-corrected chi connectivity index (χ4v) is 2.67. The van der Waals surface area contributed by atoms with Gasteiger partial charge in [-0.15, -0.1) is 0 Å². The number of hydrogen-bond acceptors (Lipinski definition) is 3. The number of sulfonamides is 1. The van der Waals surface area contributed by atoms with E-state index in [4.69, 9.17) is 0 Å². The van der Waals surface area contributed by atoms with Crippen molar-refractivity contribution in [3.05, 3.63) is 18.2 Å². The van der Waals surface area contributed by atoms with Crippen LogP contribution in [0.1, 0.15) is 19.7 Å². The first kappa shape index (κ1) is 12.2. The molecular formula is C9H17N3O2S. The second-order valence-corrected chi connectivity index (χ2v) is 5.71. The van der Waals surface area contributed by atoms with Crippen molar-refractivity contribution in [3.63, 3.8) is 0 Å². The monoisotopic (exact) mass is 231 g/mol. The molecule has 15 heavy (non-hydrogen) atoms. The predicted octanol–water partition coefficient (Wildman–Crippen LogP) is 0.528. The molecule has 0 aliphatic rings. The number of imidazole rings is 1. The Labute approximate surface area is 90.4 Å². The summed E-state index contributed by atoms with van der Waals surface area (Å²) in [4.78, 5) is 6.92. The van der Waals surface area contributed by atoms with Crippen LogP contribution < -0.4 is 4.72 Å². The van der Waals surface area contributed by atoms with Gasteiger partial charge in [-0.25, -0.2) is 18.1 Å². The Morgan fingerprint density at radius 1 is 1.53 bits per heavy atom. The van der Waals surface area contributed by atoms with Crippen molar-refractivity contribution in [1.82, 2.24) is 14.7 Å². The highest BCUT2D eigenvalue weighted by Gasteiger charge is 2.11. The Bertz CT molecular complexity index is 370. The largest absolute Gasteiger partial charge is 0.349 e. The molecule has 0 unspecified atom stereocenters. The molecule has 0 saturated carbocycles. The van der Waals surface area contributed by atoms with E-state index in [1.165, 1.54) is 0 Å². The summed E-state index contributed by atoms with van der Waals surface area (Å²) in [5, 5.41) is 0. The standard InChI is InChI=1S/C9H17N3O2S/c1-8(2)7-15(13,14)12-4-3-9-10-5-6-11-9/h5-6,8,12H,3-4,7H2,1-2H3,(H,10,11). The molecule has 0 atom stereocenters. The summed E-state index contributed by atoms with van der Waals surface area (Å²) in [5.41, 5.74) is 0. The smallest absolute Gasteiger partial charge is 0.211 e. The zero-order valence-electron chi connectivity index (χ0n) is 9.03. The van der Waals surface area contributed by atoms with Gasteiger partial charge in [0.2, 0.25) is 10.0 Å². The minimum atomic E-state index is -3.13. The van der Waals surface area contributed by atoms with Crippen molar-refractivity contribution in [2.45, 2.75) is 20.3 Å². The summed E-state index contributed by atoms with van der Waals surface area (Å²) in [6, 6.07) is 0. The average Bonchev–Trinajstić information content (AvgIpc) is 2.53. The van der Waals surface area contributed by atoms with Crippen LogP contribution in [0.5, 0.6) is 0 Å². The number of aromatic amines is 1. The second kappa shape index (κ2) is 5.27. The van der Waals surface area contributed by atoms with E-state index in [2.05, 4.69) is 14.7 Å².